The van der Waals surface area contributed by atoms with Crippen molar-refractivity contribution in [3.05, 3.63) is 64.7 Å². The van der Waals surface area contributed by atoms with Crippen LogP contribution in [0, 0.1) is 0 Å². The smallest absolute Gasteiger partial charge is 0.255 e. The van der Waals surface area contributed by atoms with Gasteiger partial charge in [0, 0.05) is 39.9 Å². The predicted molar refractivity (Wildman–Crippen MR) is 119 cm³/mol. The lowest BCUT2D eigenvalue weighted by molar-refractivity contribution is -0.136. The summed E-state index contributed by atoms with van der Waals surface area (Å²) in [4.78, 5) is 39.9. The Morgan fingerprint density at radius 3 is 2.73 bits per heavy atom. The number of nitrogens with one attached hydrogen (secondary N) is 1. The Morgan fingerprint density at radius 2 is 1.91 bits per heavy atom. The van der Waals surface area contributed by atoms with Gasteiger partial charge in [-0.3, -0.25) is 24.6 Å². The Labute approximate surface area is 199 Å². The summed E-state index contributed by atoms with van der Waals surface area (Å²) in [5.41, 5.74) is 0.949. The predicted octanol–water partition coefficient (Wildman–Crippen LogP) is 1.86. The van der Waals surface area contributed by atoms with Gasteiger partial charge in [0.15, 0.2) is 0 Å². The van der Waals surface area contributed by atoms with Gasteiger partial charge in [-0.05, 0) is 29.7 Å². The van der Waals surface area contributed by atoms with Crippen molar-refractivity contribution in [2.24, 2.45) is 0 Å². The van der Waals surface area contributed by atoms with Crippen molar-refractivity contribution < 1.29 is 30.7 Å². The van der Waals surface area contributed by atoms with Crippen molar-refractivity contribution in [1.29, 1.82) is 0 Å². The fraction of sp³-hybridized carbons (Fsp3) is 0.400. The van der Waals surface area contributed by atoms with Crippen molar-refractivity contribution in [2.75, 3.05) is 26.3 Å². The van der Waals surface area contributed by atoms with E-state index < -0.39 is 25.0 Å². The van der Waals surface area contributed by atoms with Gasteiger partial charge < -0.3 is 14.4 Å². The maximum atomic E-state index is 13.0. The monoisotopic (exact) mass is 454 g/mol. The van der Waals surface area contributed by atoms with Gasteiger partial charge in [0.2, 0.25) is 11.8 Å². The molecule has 0 saturated carbocycles. The lowest BCUT2D eigenvalue weighted by atomic mass is 10.0. The molecule has 172 valence electrons. The number of imide groups is 1. The molecule has 0 radical (unpaired) electrons. The van der Waals surface area contributed by atoms with Gasteiger partial charge in [0.1, 0.15) is 18.4 Å². The minimum atomic E-state index is -1.98. The third-order valence-corrected chi connectivity index (χ3v) is 5.91. The molecule has 8 heteroatoms. The molecule has 2 aromatic carbocycles. The van der Waals surface area contributed by atoms with Crippen LogP contribution in [0.1, 0.15) is 46.7 Å². The maximum absolute atomic E-state index is 13.0. The number of nitrogens with zero attached hydrogens (tertiary/aromatic N) is 2. The van der Waals surface area contributed by atoms with Crippen LogP contribution in [0.15, 0.2) is 42.4 Å². The number of ether oxygens (including phenoxy) is 2. The zero-order valence-electron chi connectivity index (χ0n) is 22.9. The molecule has 2 aromatic rings. The van der Waals surface area contributed by atoms with Crippen LogP contribution in [0.25, 0.3) is 0 Å². The van der Waals surface area contributed by atoms with E-state index in [4.69, 9.17) is 16.3 Å². The number of hydrogen-bond donors (Lipinski definition) is 1. The normalized spacial score (nSPS) is 24.7. The Morgan fingerprint density at radius 1 is 1.12 bits per heavy atom. The Hall–Kier alpha value is -3.23. The average molecular weight is 455 g/mol. The molecule has 3 aliphatic heterocycles. The van der Waals surface area contributed by atoms with Crippen LogP contribution in [0.5, 0.6) is 5.75 Å². The molecule has 33 heavy (non-hydrogen) atoms. The lowest BCUT2D eigenvalue weighted by Crippen LogP contribution is -2.52. The van der Waals surface area contributed by atoms with Gasteiger partial charge in [-0.2, -0.15) is 0 Å². The second-order valence-electron chi connectivity index (χ2n) is 8.08. The Balaban J connectivity index is 1.37. The number of fused-ring (bicyclic) bond motifs is 1. The molecule has 3 aliphatic rings. The van der Waals surface area contributed by atoms with Gasteiger partial charge in [0.25, 0.3) is 5.91 Å². The Bertz CT molecular complexity index is 1300. The van der Waals surface area contributed by atoms with Crippen LogP contribution < -0.4 is 10.1 Å². The van der Waals surface area contributed by atoms with Crippen molar-refractivity contribution in [3.63, 3.8) is 0 Å². The topological polar surface area (TPSA) is 88.2 Å². The van der Waals surface area contributed by atoms with Crippen LogP contribution in [0.3, 0.4) is 0 Å². The van der Waals surface area contributed by atoms with E-state index in [1.54, 1.807) is 23.1 Å². The van der Waals surface area contributed by atoms with Crippen LogP contribution in [0.2, 0.25) is 0 Å². The summed E-state index contributed by atoms with van der Waals surface area (Å²) < 4.78 is 53.8. The summed E-state index contributed by atoms with van der Waals surface area (Å²) in [6.07, 6.45) is 0.357. The average Bonchev–Trinajstić information content (AvgIpc) is 3.23. The first kappa shape index (κ1) is 16.4. The Kier molecular flexibility index (Phi) is 4.63. The van der Waals surface area contributed by atoms with Crippen LogP contribution in [-0.2, 0) is 34.0 Å². The van der Waals surface area contributed by atoms with E-state index in [-0.39, 0.29) is 60.2 Å². The van der Waals surface area contributed by atoms with Gasteiger partial charge in [-0.15, -0.1) is 0 Å². The van der Waals surface area contributed by atoms with Crippen molar-refractivity contribution in [1.82, 2.24) is 15.1 Å². The van der Waals surface area contributed by atoms with Gasteiger partial charge in [-0.1, -0.05) is 30.3 Å². The fourth-order valence-electron chi connectivity index (χ4n) is 4.17. The molecule has 2 unspecified atom stereocenters. The minimum absolute atomic E-state index is 0.0337. The molecule has 3 amide bonds. The number of morpholine rings is 1. The van der Waals surface area contributed by atoms with Gasteiger partial charge in [0.05, 0.1) is 23.9 Å². The highest BCUT2D eigenvalue weighted by Gasteiger charge is 2.40. The van der Waals surface area contributed by atoms with Crippen molar-refractivity contribution >= 4 is 17.7 Å². The SMILES string of the molecule is [2H]c1c(C([2H])Oc2cccc3c2CN(C2CCC(=O)NC2=O)C3=O)ccc(C([2H])([2H])N2CCOCC2)c1[2H]. The summed E-state index contributed by atoms with van der Waals surface area (Å²) in [6, 6.07) is 6.23. The first-order valence-corrected chi connectivity index (χ1v) is 10.9. The molecular formula is C25H27N3O5. The molecule has 0 spiro atoms. The number of carbonyl (C=O) groups excluding carboxylic acids is 3. The van der Waals surface area contributed by atoms with E-state index in [2.05, 4.69) is 5.32 Å². The minimum Gasteiger partial charge on any atom is -0.489 e. The third kappa shape index (κ3) is 4.62. The van der Waals surface area contributed by atoms with E-state index in [9.17, 15) is 14.4 Å². The van der Waals surface area contributed by atoms with Crippen molar-refractivity contribution in [3.8, 4) is 5.75 Å². The van der Waals surface area contributed by atoms with Crippen LogP contribution in [-0.4, -0.2) is 59.9 Å². The number of piperidine rings is 1. The molecule has 0 aromatic heterocycles. The zero-order valence-corrected chi connectivity index (χ0v) is 17.9. The highest BCUT2D eigenvalue weighted by Crippen LogP contribution is 2.34. The van der Waals surface area contributed by atoms with Crippen LogP contribution >= 0.6 is 0 Å². The quantitative estimate of drug-likeness (QED) is 0.671. The molecule has 2 saturated heterocycles. The highest BCUT2D eigenvalue weighted by molar-refractivity contribution is 6.05. The van der Waals surface area contributed by atoms with Crippen LogP contribution in [0.4, 0.5) is 0 Å². The number of amides is 3. The number of rotatable bonds is 6. The largest absolute Gasteiger partial charge is 0.489 e. The molecule has 8 nitrogen and oxygen atoms in total. The molecule has 5 rings (SSSR count). The summed E-state index contributed by atoms with van der Waals surface area (Å²) in [5, 5.41) is 2.26. The number of carbonyl (C=O) groups is 3. The molecule has 0 aliphatic carbocycles. The summed E-state index contributed by atoms with van der Waals surface area (Å²) in [5.74, 6) is -1.03. The molecule has 1 N–H and O–H groups in total. The molecule has 2 atom stereocenters. The second kappa shape index (κ2) is 9.33. The lowest BCUT2D eigenvalue weighted by Gasteiger charge is -2.29. The number of hydrogen-bond acceptors (Lipinski definition) is 6. The van der Waals surface area contributed by atoms with E-state index in [1.165, 1.54) is 17.0 Å². The maximum Gasteiger partial charge on any atom is 0.255 e. The zero-order chi connectivity index (χ0) is 27.2. The van der Waals surface area contributed by atoms with E-state index in [1.807, 2.05) is 0 Å². The van der Waals surface area contributed by atoms with E-state index in [0.29, 0.717) is 37.4 Å². The summed E-state index contributed by atoms with van der Waals surface area (Å²) in [6.45, 7) is -1.84. The first-order valence-electron chi connectivity index (χ1n) is 13.5. The van der Waals surface area contributed by atoms with Gasteiger partial charge in [-0.25, -0.2) is 0 Å². The first-order chi connectivity index (χ1) is 18.1. The summed E-state index contributed by atoms with van der Waals surface area (Å²) in [7, 11) is 0. The van der Waals surface area contributed by atoms with E-state index in [0.717, 1.165) is 0 Å². The van der Waals surface area contributed by atoms with E-state index >= 15 is 0 Å². The van der Waals surface area contributed by atoms with Gasteiger partial charge >= 0.3 is 0 Å². The highest BCUT2D eigenvalue weighted by atomic mass is 16.5. The molecule has 0 bridgehead atoms. The number of benzene rings is 2. The fourth-order valence-corrected chi connectivity index (χ4v) is 4.17. The molecule has 2 fully saturated rings. The molecular weight excluding hydrogens is 422 g/mol. The van der Waals surface area contributed by atoms with Crippen molar-refractivity contribution in [2.45, 2.75) is 38.5 Å². The summed E-state index contributed by atoms with van der Waals surface area (Å²) >= 11 is 0. The molecule has 3 heterocycles. The third-order valence-electron chi connectivity index (χ3n) is 5.91. The second-order valence-corrected chi connectivity index (χ2v) is 8.08. The standard InChI is InChI=1S/C25H27N3O5/c29-23-9-8-21(24(30)26-23)28-15-20-19(25(28)31)2-1-3-22(20)33-16-18-6-4-17(5-7-18)14-27-10-12-32-13-11-27/h1-7,21H,8-16H2,(H,26,29,30)/i4D,6D,14D2,16D.